The molecule has 0 fully saturated rings. The van der Waals surface area contributed by atoms with Gasteiger partial charge in [-0.25, -0.2) is 12.8 Å². The van der Waals surface area contributed by atoms with Gasteiger partial charge in [0.2, 0.25) is 0 Å². The minimum absolute atomic E-state index is 0.102. The molecule has 9 heteroatoms. The first-order valence-electron chi connectivity index (χ1n) is 8.80. The van der Waals surface area contributed by atoms with Crippen molar-refractivity contribution < 1.29 is 26.8 Å². The Morgan fingerprint density at radius 2 is 1.71 bits per heavy atom. The number of carbonyl (C=O) groups is 2. The summed E-state index contributed by atoms with van der Waals surface area (Å²) >= 11 is 0. The van der Waals surface area contributed by atoms with Crippen LogP contribution in [0.5, 0.6) is 0 Å². The largest absolute Gasteiger partial charge is 0.468 e. The van der Waals surface area contributed by atoms with Crippen LogP contribution in [0.15, 0.2) is 52.0 Å². The van der Waals surface area contributed by atoms with Crippen LogP contribution in [0.4, 0.5) is 4.39 Å². The Morgan fingerprint density at radius 1 is 1.07 bits per heavy atom. The van der Waals surface area contributed by atoms with E-state index in [0.29, 0.717) is 18.9 Å². The van der Waals surface area contributed by atoms with Crippen LogP contribution in [0.2, 0.25) is 0 Å². The average Bonchev–Trinajstić information content (AvgIpc) is 3.15. The summed E-state index contributed by atoms with van der Waals surface area (Å²) in [5, 5.41) is 3.55. The van der Waals surface area contributed by atoms with Gasteiger partial charge in [-0.2, -0.15) is 0 Å². The molecule has 1 atom stereocenters. The summed E-state index contributed by atoms with van der Waals surface area (Å²) in [6.45, 7) is 3.95. The maximum absolute atomic E-state index is 13.1. The highest BCUT2D eigenvalue weighted by Gasteiger charge is 2.32. The Bertz CT molecular complexity index is 893. The van der Waals surface area contributed by atoms with Gasteiger partial charge in [0.25, 0.3) is 0 Å². The monoisotopic (exact) mass is 410 g/mol. The van der Waals surface area contributed by atoms with Crippen LogP contribution in [-0.2, 0) is 19.4 Å². The molecule has 0 spiro atoms. The normalized spacial score (nSPS) is 12.6. The van der Waals surface area contributed by atoms with E-state index in [2.05, 4.69) is 10.6 Å². The second-order valence-corrected chi connectivity index (χ2v) is 8.78. The van der Waals surface area contributed by atoms with E-state index in [-0.39, 0.29) is 17.2 Å². The van der Waals surface area contributed by atoms with Gasteiger partial charge < -0.3 is 15.1 Å². The molecule has 7 nitrogen and oxygen atoms in total. The number of rotatable bonds is 8. The number of halogens is 1. The fourth-order valence-electron chi connectivity index (χ4n) is 2.45. The van der Waals surface area contributed by atoms with Crippen molar-refractivity contribution >= 4 is 21.7 Å². The molecule has 2 rings (SSSR count). The van der Waals surface area contributed by atoms with Gasteiger partial charge in [-0.3, -0.25) is 9.59 Å². The van der Waals surface area contributed by atoms with Crippen molar-refractivity contribution in [1.29, 1.82) is 0 Å². The minimum atomic E-state index is -4.00. The SMILES string of the molecule is CC(C)CCNC(=O)C(=O)NC[C@@H](c1ccco1)S(=O)(=O)c1ccc(F)cc1. The van der Waals surface area contributed by atoms with Gasteiger partial charge in [0.05, 0.1) is 11.2 Å². The van der Waals surface area contributed by atoms with Gasteiger partial charge >= 0.3 is 11.8 Å². The number of amides is 2. The van der Waals surface area contributed by atoms with Crippen LogP contribution < -0.4 is 10.6 Å². The van der Waals surface area contributed by atoms with Crippen LogP contribution in [0.25, 0.3) is 0 Å². The van der Waals surface area contributed by atoms with Crippen LogP contribution in [0, 0.1) is 11.7 Å². The third-order valence-electron chi connectivity index (χ3n) is 4.04. The standard InChI is InChI=1S/C19H23FN2O5S/c1-13(2)9-10-21-18(23)19(24)22-12-17(16-4-3-11-27-16)28(25,26)15-7-5-14(20)6-8-15/h3-8,11,13,17H,9-10,12H2,1-2H3,(H,21,23)(H,22,24)/t17-/m0/s1. The summed E-state index contributed by atoms with van der Waals surface area (Å²) in [4.78, 5) is 23.7. The number of sulfone groups is 1. The number of benzene rings is 1. The molecule has 0 saturated carbocycles. The molecule has 1 aromatic carbocycles. The molecule has 1 heterocycles. The van der Waals surface area contributed by atoms with Crippen molar-refractivity contribution in [3.63, 3.8) is 0 Å². The first kappa shape index (κ1) is 21.6. The van der Waals surface area contributed by atoms with Crippen LogP contribution >= 0.6 is 0 Å². The fourth-order valence-corrected chi connectivity index (χ4v) is 4.03. The Morgan fingerprint density at radius 3 is 2.29 bits per heavy atom. The van der Waals surface area contributed by atoms with Gasteiger partial charge in [0.15, 0.2) is 9.84 Å². The fraction of sp³-hybridized carbons (Fsp3) is 0.368. The Balaban J connectivity index is 2.11. The molecule has 0 aliphatic heterocycles. The van der Waals surface area contributed by atoms with Crippen LogP contribution in [-0.4, -0.2) is 33.3 Å². The topological polar surface area (TPSA) is 105 Å². The zero-order valence-corrected chi connectivity index (χ0v) is 16.5. The first-order valence-corrected chi connectivity index (χ1v) is 10.4. The molecule has 0 aliphatic carbocycles. The van der Waals surface area contributed by atoms with Gasteiger partial charge in [0.1, 0.15) is 16.8 Å². The van der Waals surface area contributed by atoms with Crippen molar-refractivity contribution in [2.75, 3.05) is 13.1 Å². The third kappa shape index (κ3) is 5.66. The van der Waals surface area contributed by atoms with E-state index >= 15 is 0 Å². The smallest absolute Gasteiger partial charge is 0.309 e. The van der Waals surface area contributed by atoms with Gasteiger partial charge in [-0.15, -0.1) is 0 Å². The van der Waals surface area contributed by atoms with E-state index in [1.165, 1.54) is 18.4 Å². The van der Waals surface area contributed by atoms with Crippen molar-refractivity contribution in [3.8, 4) is 0 Å². The lowest BCUT2D eigenvalue weighted by atomic mass is 10.1. The minimum Gasteiger partial charge on any atom is -0.468 e. The molecule has 0 bridgehead atoms. The van der Waals surface area contributed by atoms with Crippen LogP contribution in [0.3, 0.4) is 0 Å². The van der Waals surface area contributed by atoms with E-state index in [1.54, 1.807) is 0 Å². The lowest BCUT2D eigenvalue weighted by Crippen LogP contribution is -2.42. The number of hydrogen-bond acceptors (Lipinski definition) is 5. The summed E-state index contributed by atoms with van der Waals surface area (Å²) in [6, 6.07) is 7.32. The lowest BCUT2D eigenvalue weighted by molar-refractivity contribution is -0.139. The molecule has 2 aromatic rings. The quantitative estimate of drug-likeness (QED) is 0.513. The van der Waals surface area contributed by atoms with E-state index < -0.39 is 32.7 Å². The summed E-state index contributed by atoms with van der Waals surface area (Å²) in [6.07, 6.45) is 2.02. The van der Waals surface area contributed by atoms with Crippen LogP contribution in [0.1, 0.15) is 31.3 Å². The second-order valence-electron chi connectivity index (χ2n) is 6.65. The molecule has 2 amide bonds. The third-order valence-corrected chi connectivity index (χ3v) is 6.12. The molecule has 152 valence electrons. The van der Waals surface area contributed by atoms with E-state index in [1.807, 2.05) is 13.8 Å². The Kier molecular flexibility index (Phi) is 7.33. The number of carbonyl (C=O) groups excluding carboxylic acids is 2. The highest BCUT2D eigenvalue weighted by atomic mass is 32.2. The molecule has 0 saturated heterocycles. The van der Waals surface area contributed by atoms with E-state index in [9.17, 15) is 22.4 Å². The molecule has 0 aliphatic rings. The maximum Gasteiger partial charge on any atom is 0.309 e. The van der Waals surface area contributed by atoms with Crippen molar-refractivity contribution in [2.24, 2.45) is 5.92 Å². The van der Waals surface area contributed by atoms with Crippen molar-refractivity contribution in [1.82, 2.24) is 10.6 Å². The lowest BCUT2D eigenvalue weighted by Gasteiger charge is -2.16. The maximum atomic E-state index is 13.1. The number of nitrogens with one attached hydrogen (secondary N) is 2. The molecule has 28 heavy (non-hydrogen) atoms. The molecule has 0 unspecified atom stereocenters. The van der Waals surface area contributed by atoms with Gasteiger partial charge in [-0.05, 0) is 48.7 Å². The summed E-state index contributed by atoms with van der Waals surface area (Å²) < 4.78 is 44.2. The summed E-state index contributed by atoms with van der Waals surface area (Å²) in [5.74, 6) is -1.87. The number of hydrogen-bond donors (Lipinski definition) is 2. The Labute approximate surface area is 163 Å². The zero-order chi connectivity index (χ0) is 20.7. The number of furan rings is 1. The van der Waals surface area contributed by atoms with Crippen molar-refractivity contribution in [3.05, 3.63) is 54.2 Å². The predicted octanol–water partition coefficient (Wildman–Crippen LogP) is 2.21. The molecule has 2 N–H and O–H groups in total. The molecular formula is C19H23FN2O5S. The highest BCUT2D eigenvalue weighted by Crippen LogP contribution is 2.29. The Hall–Kier alpha value is -2.68. The summed E-state index contributed by atoms with van der Waals surface area (Å²) in [7, 11) is -4.00. The van der Waals surface area contributed by atoms with Gasteiger partial charge in [-0.1, -0.05) is 13.8 Å². The average molecular weight is 410 g/mol. The summed E-state index contributed by atoms with van der Waals surface area (Å²) in [5.41, 5.74) is 0. The first-order chi connectivity index (χ1) is 13.2. The van der Waals surface area contributed by atoms with Crippen molar-refractivity contribution in [2.45, 2.75) is 30.4 Å². The molecule has 1 aromatic heterocycles. The predicted molar refractivity (Wildman–Crippen MR) is 101 cm³/mol. The molecular weight excluding hydrogens is 387 g/mol. The molecule has 0 radical (unpaired) electrons. The van der Waals surface area contributed by atoms with Gasteiger partial charge in [0, 0.05) is 13.1 Å². The second kappa shape index (κ2) is 9.50. The van der Waals surface area contributed by atoms with E-state index in [0.717, 1.165) is 24.3 Å². The zero-order valence-electron chi connectivity index (χ0n) is 15.6. The highest BCUT2D eigenvalue weighted by molar-refractivity contribution is 7.91. The van der Waals surface area contributed by atoms with E-state index in [4.69, 9.17) is 4.42 Å².